The molecule has 8 nitrogen and oxygen atoms in total. The second-order valence-electron chi connectivity index (χ2n) is 12.1. The van der Waals surface area contributed by atoms with Crippen LogP contribution in [-0.2, 0) is 16.2 Å². The number of Topliss-reactive ketones (excluding diaryl/α,β-unsaturated/α-hetero) is 1. The van der Waals surface area contributed by atoms with Crippen molar-refractivity contribution in [2.45, 2.75) is 60.1 Å². The predicted molar refractivity (Wildman–Crippen MR) is 181 cm³/mol. The average molecular weight is 629 g/mol. The number of hydrogen-bond donors (Lipinski definition) is 1. The standard InChI is InChI=1S/C38H48N2O6/c1-7-39(8-2)21-9-22-40-35(30-16-19-32(33(24-30)44-6)45-23-20-26(3)4)34(37(42)38(40)43)36(41)29-14-17-31(18-15-29)46-25-28-12-10-27(5)11-13-28/h10-19,24,26,35,41H,7-9,20-23,25H2,1-6H3. The van der Waals surface area contributed by atoms with Gasteiger partial charge in [-0.25, -0.2) is 0 Å². The highest BCUT2D eigenvalue weighted by atomic mass is 16.5. The monoisotopic (exact) mass is 628 g/mol. The number of rotatable bonds is 16. The number of benzene rings is 3. The molecule has 1 unspecified atom stereocenters. The number of nitrogens with zero attached hydrogens (tertiary/aromatic N) is 2. The van der Waals surface area contributed by atoms with Crippen LogP contribution < -0.4 is 14.2 Å². The van der Waals surface area contributed by atoms with E-state index in [1.165, 1.54) is 5.56 Å². The summed E-state index contributed by atoms with van der Waals surface area (Å²) in [6, 6.07) is 19.7. The average Bonchev–Trinajstić information content (AvgIpc) is 3.31. The molecule has 1 aliphatic rings. The number of aliphatic hydroxyl groups is 1. The fourth-order valence-electron chi connectivity index (χ4n) is 5.56. The number of aliphatic hydroxyl groups excluding tert-OH is 1. The molecule has 0 spiro atoms. The highest BCUT2D eigenvalue weighted by Gasteiger charge is 2.46. The maximum Gasteiger partial charge on any atom is 0.295 e. The minimum Gasteiger partial charge on any atom is -0.507 e. The van der Waals surface area contributed by atoms with Crippen molar-refractivity contribution in [3.8, 4) is 17.2 Å². The minimum absolute atomic E-state index is 0.0525. The van der Waals surface area contributed by atoms with E-state index in [0.717, 1.165) is 31.6 Å². The molecule has 0 bridgehead atoms. The molecule has 1 fully saturated rings. The Labute approximate surface area is 273 Å². The molecule has 0 saturated carbocycles. The number of amides is 1. The third-order valence-electron chi connectivity index (χ3n) is 8.42. The Bertz CT molecular complexity index is 1490. The summed E-state index contributed by atoms with van der Waals surface area (Å²) in [5.74, 6) is 0.660. The number of carbonyl (C=O) groups is 2. The van der Waals surface area contributed by atoms with Gasteiger partial charge < -0.3 is 29.1 Å². The van der Waals surface area contributed by atoms with Gasteiger partial charge in [0.1, 0.15) is 18.1 Å². The molecular formula is C38H48N2O6. The van der Waals surface area contributed by atoms with Crippen LogP contribution in [0.1, 0.15) is 68.8 Å². The van der Waals surface area contributed by atoms with E-state index in [2.05, 4.69) is 32.6 Å². The summed E-state index contributed by atoms with van der Waals surface area (Å²) in [5.41, 5.74) is 3.37. The summed E-state index contributed by atoms with van der Waals surface area (Å²) in [7, 11) is 1.57. The molecule has 3 aromatic rings. The zero-order chi connectivity index (χ0) is 33.2. The maximum atomic E-state index is 13.6. The lowest BCUT2D eigenvalue weighted by Crippen LogP contribution is -2.33. The first kappa shape index (κ1) is 34.6. The summed E-state index contributed by atoms with van der Waals surface area (Å²) in [4.78, 5) is 31.0. The Balaban J connectivity index is 1.65. The summed E-state index contributed by atoms with van der Waals surface area (Å²) < 4.78 is 17.6. The number of aryl methyl sites for hydroxylation is 1. The van der Waals surface area contributed by atoms with E-state index in [0.29, 0.717) is 60.5 Å². The molecule has 0 aromatic heterocycles. The van der Waals surface area contributed by atoms with Crippen molar-refractivity contribution in [3.63, 3.8) is 0 Å². The zero-order valence-corrected chi connectivity index (χ0v) is 28.0. The summed E-state index contributed by atoms with van der Waals surface area (Å²) in [5, 5.41) is 11.6. The first-order chi connectivity index (χ1) is 22.2. The van der Waals surface area contributed by atoms with Gasteiger partial charge >= 0.3 is 0 Å². The van der Waals surface area contributed by atoms with Crippen LogP contribution in [0.15, 0.2) is 72.3 Å². The fraction of sp³-hybridized carbons (Fsp3) is 0.421. The van der Waals surface area contributed by atoms with Crippen LogP contribution in [0, 0.1) is 12.8 Å². The maximum absolute atomic E-state index is 13.6. The molecule has 4 rings (SSSR count). The van der Waals surface area contributed by atoms with Crippen LogP contribution in [0.25, 0.3) is 5.76 Å². The van der Waals surface area contributed by atoms with Crippen molar-refractivity contribution < 1.29 is 28.9 Å². The van der Waals surface area contributed by atoms with E-state index >= 15 is 0 Å². The molecule has 246 valence electrons. The number of ether oxygens (including phenoxy) is 3. The molecule has 1 saturated heterocycles. The van der Waals surface area contributed by atoms with Crippen LogP contribution in [0.4, 0.5) is 0 Å². The Kier molecular flexibility index (Phi) is 12.3. The Morgan fingerprint density at radius 1 is 0.935 bits per heavy atom. The summed E-state index contributed by atoms with van der Waals surface area (Å²) in [6.07, 6.45) is 1.58. The van der Waals surface area contributed by atoms with Gasteiger partial charge in [-0.1, -0.05) is 63.6 Å². The van der Waals surface area contributed by atoms with E-state index in [9.17, 15) is 14.7 Å². The Morgan fingerprint density at radius 3 is 2.26 bits per heavy atom. The second kappa shape index (κ2) is 16.3. The smallest absolute Gasteiger partial charge is 0.295 e. The van der Waals surface area contributed by atoms with Gasteiger partial charge in [0.2, 0.25) is 0 Å². The van der Waals surface area contributed by atoms with Crippen molar-refractivity contribution >= 4 is 17.4 Å². The normalized spacial score (nSPS) is 16.0. The van der Waals surface area contributed by atoms with Gasteiger partial charge in [0.05, 0.1) is 25.3 Å². The molecule has 1 amide bonds. The molecule has 8 heteroatoms. The van der Waals surface area contributed by atoms with Crippen molar-refractivity contribution in [2.75, 3.05) is 39.9 Å². The SMILES string of the molecule is CCN(CC)CCCN1C(=O)C(=O)C(=C(O)c2ccc(OCc3ccc(C)cc3)cc2)C1c1ccc(OCCC(C)C)c(OC)c1. The molecule has 1 N–H and O–H groups in total. The number of carbonyl (C=O) groups excluding carboxylic acids is 2. The van der Waals surface area contributed by atoms with E-state index in [-0.39, 0.29) is 11.3 Å². The minimum atomic E-state index is -0.784. The van der Waals surface area contributed by atoms with Crippen LogP contribution in [0.3, 0.4) is 0 Å². The molecule has 0 aliphatic carbocycles. The van der Waals surface area contributed by atoms with E-state index in [4.69, 9.17) is 14.2 Å². The fourth-order valence-corrected chi connectivity index (χ4v) is 5.56. The van der Waals surface area contributed by atoms with Gasteiger partial charge in [-0.15, -0.1) is 0 Å². The molecule has 1 atom stereocenters. The number of hydrogen-bond acceptors (Lipinski definition) is 7. The molecule has 46 heavy (non-hydrogen) atoms. The molecule has 0 radical (unpaired) electrons. The summed E-state index contributed by atoms with van der Waals surface area (Å²) >= 11 is 0. The van der Waals surface area contributed by atoms with Gasteiger partial charge in [0, 0.05) is 12.1 Å². The summed E-state index contributed by atoms with van der Waals surface area (Å²) in [6.45, 7) is 14.4. The Hall–Kier alpha value is -4.30. The number of likely N-dealkylation sites (tertiary alicyclic amines) is 1. The van der Waals surface area contributed by atoms with E-state index in [1.807, 2.05) is 43.3 Å². The lowest BCUT2D eigenvalue weighted by molar-refractivity contribution is -0.140. The van der Waals surface area contributed by atoms with Crippen molar-refractivity contribution in [1.29, 1.82) is 0 Å². The van der Waals surface area contributed by atoms with Crippen LogP contribution in [-0.4, -0.2) is 66.5 Å². The van der Waals surface area contributed by atoms with Crippen LogP contribution in [0.2, 0.25) is 0 Å². The van der Waals surface area contributed by atoms with Crippen molar-refractivity contribution in [1.82, 2.24) is 9.80 Å². The third-order valence-corrected chi connectivity index (χ3v) is 8.42. The highest BCUT2D eigenvalue weighted by molar-refractivity contribution is 6.46. The molecule has 3 aromatic carbocycles. The van der Waals surface area contributed by atoms with E-state index < -0.39 is 17.7 Å². The first-order valence-electron chi connectivity index (χ1n) is 16.3. The largest absolute Gasteiger partial charge is 0.507 e. The molecule has 1 aliphatic heterocycles. The second-order valence-corrected chi connectivity index (χ2v) is 12.1. The predicted octanol–water partition coefficient (Wildman–Crippen LogP) is 7.16. The van der Waals surface area contributed by atoms with Crippen LogP contribution in [0.5, 0.6) is 17.2 Å². The number of methoxy groups -OCH3 is 1. The van der Waals surface area contributed by atoms with Crippen molar-refractivity contribution in [2.24, 2.45) is 5.92 Å². The molecule has 1 heterocycles. The lowest BCUT2D eigenvalue weighted by Gasteiger charge is -2.27. The molecular weight excluding hydrogens is 580 g/mol. The van der Waals surface area contributed by atoms with Gasteiger partial charge in [0.25, 0.3) is 11.7 Å². The van der Waals surface area contributed by atoms with E-state index in [1.54, 1.807) is 42.3 Å². The Morgan fingerprint density at radius 2 is 1.63 bits per heavy atom. The third kappa shape index (κ3) is 8.49. The van der Waals surface area contributed by atoms with Gasteiger partial charge in [-0.3, -0.25) is 9.59 Å². The first-order valence-corrected chi connectivity index (χ1v) is 16.3. The van der Waals surface area contributed by atoms with Crippen LogP contribution >= 0.6 is 0 Å². The topological polar surface area (TPSA) is 88.5 Å². The number of ketones is 1. The zero-order valence-electron chi connectivity index (χ0n) is 28.0. The lowest BCUT2D eigenvalue weighted by atomic mass is 9.95. The highest BCUT2D eigenvalue weighted by Crippen LogP contribution is 2.42. The van der Waals surface area contributed by atoms with Gasteiger partial charge in [0.15, 0.2) is 11.5 Å². The van der Waals surface area contributed by atoms with Gasteiger partial charge in [-0.05, 0) is 92.8 Å². The quantitative estimate of drug-likeness (QED) is 0.102. The van der Waals surface area contributed by atoms with Crippen molar-refractivity contribution in [3.05, 3.63) is 94.6 Å². The van der Waals surface area contributed by atoms with Gasteiger partial charge in [-0.2, -0.15) is 0 Å².